The van der Waals surface area contributed by atoms with Gasteiger partial charge < -0.3 is 10.6 Å². The summed E-state index contributed by atoms with van der Waals surface area (Å²) in [6.45, 7) is 2.71. The first-order valence-electron chi connectivity index (χ1n) is 7.52. The van der Waals surface area contributed by atoms with Crippen LogP contribution in [-0.4, -0.2) is 57.3 Å². The maximum absolute atomic E-state index is 12.2. The van der Waals surface area contributed by atoms with Gasteiger partial charge in [0.25, 0.3) is 0 Å². The molecule has 0 spiro atoms. The van der Waals surface area contributed by atoms with E-state index in [2.05, 4.69) is 34.0 Å². The average Bonchev–Trinajstić information content (AvgIpc) is 2.93. The molecule has 1 unspecified atom stereocenters. The van der Waals surface area contributed by atoms with Crippen molar-refractivity contribution in [3.8, 4) is 0 Å². The largest absolute Gasteiger partial charge is 0.401 e. The van der Waals surface area contributed by atoms with E-state index < -0.39 is 12.7 Å². The zero-order chi connectivity index (χ0) is 17.3. The van der Waals surface area contributed by atoms with Gasteiger partial charge in [0.2, 0.25) is 0 Å². The molecular formula is C15H26F3IN4S. The van der Waals surface area contributed by atoms with E-state index in [-0.39, 0.29) is 24.0 Å². The predicted molar refractivity (Wildman–Crippen MR) is 106 cm³/mol. The number of nitrogens with one attached hydrogen (secondary N) is 2. The molecule has 1 aromatic rings. The predicted octanol–water partition coefficient (Wildman–Crippen LogP) is 3.20. The summed E-state index contributed by atoms with van der Waals surface area (Å²) < 4.78 is 36.7. The van der Waals surface area contributed by atoms with Gasteiger partial charge in [0, 0.05) is 31.6 Å². The Morgan fingerprint density at radius 3 is 2.62 bits per heavy atom. The van der Waals surface area contributed by atoms with E-state index in [1.807, 2.05) is 6.07 Å². The molecule has 0 saturated heterocycles. The van der Waals surface area contributed by atoms with Gasteiger partial charge >= 0.3 is 6.18 Å². The van der Waals surface area contributed by atoms with E-state index in [1.54, 1.807) is 18.4 Å². The van der Waals surface area contributed by atoms with Gasteiger partial charge in [-0.15, -0.1) is 35.3 Å². The van der Waals surface area contributed by atoms with E-state index in [0.29, 0.717) is 25.0 Å². The molecule has 1 atom stereocenters. The minimum absolute atomic E-state index is 0. The average molecular weight is 478 g/mol. The van der Waals surface area contributed by atoms with Crippen LogP contribution in [0.5, 0.6) is 0 Å². The molecular weight excluding hydrogens is 452 g/mol. The fraction of sp³-hybridized carbons (Fsp3) is 0.667. The Hall–Kier alpha value is -0.550. The van der Waals surface area contributed by atoms with Crippen molar-refractivity contribution in [3.05, 3.63) is 22.4 Å². The Balaban J connectivity index is 0.00000529. The maximum Gasteiger partial charge on any atom is 0.401 e. The Kier molecular flexibility index (Phi) is 11.6. The summed E-state index contributed by atoms with van der Waals surface area (Å²) >= 11 is 1.74. The molecule has 0 aliphatic rings. The second-order valence-corrected chi connectivity index (χ2v) is 6.65. The van der Waals surface area contributed by atoms with E-state index in [1.165, 1.54) is 16.8 Å². The van der Waals surface area contributed by atoms with Crippen LogP contribution in [0.4, 0.5) is 13.2 Å². The summed E-state index contributed by atoms with van der Waals surface area (Å²) in [7, 11) is 3.10. The molecule has 0 bridgehead atoms. The van der Waals surface area contributed by atoms with Crippen molar-refractivity contribution >= 4 is 41.3 Å². The van der Waals surface area contributed by atoms with Gasteiger partial charge in [-0.3, -0.25) is 9.89 Å². The molecule has 0 saturated carbocycles. The smallest absolute Gasteiger partial charge is 0.356 e. The lowest BCUT2D eigenvalue weighted by Gasteiger charge is -2.20. The lowest BCUT2D eigenvalue weighted by Crippen LogP contribution is -2.43. The number of thiophene rings is 1. The number of rotatable bonds is 8. The molecule has 140 valence electrons. The zero-order valence-corrected chi connectivity index (χ0v) is 17.3. The molecule has 1 heterocycles. The minimum atomic E-state index is -4.16. The molecule has 9 heteroatoms. The first kappa shape index (κ1) is 23.4. The van der Waals surface area contributed by atoms with Crippen LogP contribution in [0.3, 0.4) is 0 Å². The summed E-state index contributed by atoms with van der Waals surface area (Å²) in [5.74, 6) is 1.06. The van der Waals surface area contributed by atoms with E-state index in [4.69, 9.17) is 0 Å². The number of likely N-dealkylation sites (N-methyl/N-ethyl adjacent to an activating group) is 1. The monoisotopic (exact) mass is 478 g/mol. The van der Waals surface area contributed by atoms with Crippen molar-refractivity contribution in [2.75, 3.05) is 40.3 Å². The highest BCUT2D eigenvalue weighted by Crippen LogP contribution is 2.15. The lowest BCUT2D eigenvalue weighted by atomic mass is 10.1. The number of halogens is 4. The number of alkyl halides is 3. The van der Waals surface area contributed by atoms with Gasteiger partial charge in [0.1, 0.15) is 0 Å². The third-order valence-electron chi connectivity index (χ3n) is 3.21. The van der Waals surface area contributed by atoms with Crippen LogP contribution in [0, 0.1) is 5.92 Å². The Morgan fingerprint density at radius 1 is 1.38 bits per heavy atom. The van der Waals surface area contributed by atoms with Crippen LogP contribution in [0.2, 0.25) is 0 Å². The zero-order valence-electron chi connectivity index (χ0n) is 14.2. The van der Waals surface area contributed by atoms with Crippen LogP contribution in [0.25, 0.3) is 0 Å². The quantitative estimate of drug-likeness (QED) is 0.343. The molecule has 4 nitrogen and oxygen atoms in total. The van der Waals surface area contributed by atoms with Crippen LogP contribution >= 0.6 is 35.3 Å². The molecule has 24 heavy (non-hydrogen) atoms. The normalized spacial score (nSPS) is 13.5. The molecule has 0 fully saturated rings. The first-order chi connectivity index (χ1) is 10.8. The highest BCUT2D eigenvalue weighted by Gasteiger charge is 2.28. The molecule has 2 N–H and O–H groups in total. The van der Waals surface area contributed by atoms with E-state index in [9.17, 15) is 13.2 Å². The van der Waals surface area contributed by atoms with Gasteiger partial charge in [0.15, 0.2) is 5.96 Å². The maximum atomic E-state index is 12.2. The number of aliphatic imine (C=N–C) groups is 1. The van der Waals surface area contributed by atoms with Crippen molar-refractivity contribution in [2.24, 2.45) is 10.9 Å². The van der Waals surface area contributed by atoms with Crippen molar-refractivity contribution < 1.29 is 13.2 Å². The second-order valence-electron chi connectivity index (χ2n) is 5.62. The fourth-order valence-electron chi connectivity index (χ4n) is 2.09. The summed E-state index contributed by atoms with van der Waals surface area (Å²) in [6.07, 6.45) is -3.16. The topological polar surface area (TPSA) is 39.7 Å². The third kappa shape index (κ3) is 11.1. The van der Waals surface area contributed by atoms with Crippen LogP contribution in [0.15, 0.2) is 22.5 Å². The van der Waals surface area contributed by atoms with Crippen molar-refractivity contribution in [3.63, 3.8) is 0 Å². The molecule has 0 aromatic carbocycles. The SMILES string of the molecule is CN=C(NCCN(C)CC(F)(F)F)NCC(C)Cc1cccs1.I. The summed E-state index contributed by atoms with van der Waals surface area (Å²) in [5.41, 5.74) is 0. The van der Waals surface area contributed by atoms with Gasteiger partial charge in [-0.1, -0.05) is 13.0 Å². The van der Waals surface area contributed by atoms with Crippen LogP contribution < -0.4 is 10.6 Å². The standard InChI is InChI=1S/C15H25F3N4S.HI/c1-12(9-13-5-4-8-23-13)10-21-14(19-2)20-6-7-22(3)11-15(16,17)18;/h4-5,8,12H,6-7,9-11H2,1-3H3,(H2,19,20,21);1H. The van der Waals surface area contributed by atoms with Gasteiger partial charge in [-0.25, -0.2) is 0 Å². The highest BCUT2D eigenvalue weighted by molar-refractivity contribution is 14.0. The summed E-state index contributed by atoms with van der Waals surface area (Å²) in [4.78, 5) is 6.66. The van der Waals surface area contributed by atoms with Gasteiger partial charge in [-0.05, 0) is 30.8 Å². The van der Waals surface area contributed by atoms with E-state index in [0.717, 1.165) is 13.0 Å². The number of hydrogen-bond acceptors (Lipinski definition) is 3. The van der Waals surface area contributed by atoms with Gasteiger partial charge in [-0.2, -0.15) is 13.2 Å². The summed E-state index contributed by atoms with van der Waals surface area (Å²) in [6, 6.07) is 4.16. The highest BCUT2D eigenvalue weighted by atomic mass is 127. The van der Waals surface area contributed by atoms with Crippen molar-refractivity contribution in [1.29, 1.82) is 0 Å². The number of nitrogens with zero attached hydrogens (tertiary/aromatic N) is 2. The van der Waals surface area contributed by atoms with E-state index >= 15 is 0 Å². The van der Waals surface area contributed by atoms with Gasteiger partial charge in [0.05, 0.1) is 6.54 Å². The Labute approximate surface area is 162 Å². The third-order valence-corrected chi connectivity index (χ3v) is 4.11. The molecule has 0 amide bonds. The van der Waals surface area contributed by atoms with Crippen molar-refractivity contribution in [2.45, 2.75) is 19.5 Å². The first-order valence-corrected chi connectivity index (χ1v) is 8.40. The second kappa shape index (κ2) is 11.9. The molecule has 0 aliphatic heterocycles. The molecule has 1 aromatic heterocycles. The number of guanidine groups is 1. The minimum Gasteiger partial charge on any atom is -0.356 e. The Morgan fingerprint density at radius 2 is 2.08 bits per heavy atom. The fourth-order valence-corrected chi connectivity index (χ4v) is 2.96. The molecule has 0 aliphatic carbocycles. The van der Waals surface area contributed by atoms with Crippen LogP contribution in [-0.2, 0) is 6.42 Å². The van der Waals surface area contributed by atoms with Crippen LogP contribution in [0.1, 0.15) is 11.8 Å². The molecule has 0 radical (unpaired) electrons. The molecule has 1 rings (SSSR count). The Bertz CT molecular complexity index is 466. The van der Waals surface area contributed by atoms with Crippen molar-refractivity contribution in [1.82, 2.24) is 15.5 Å². The lowest BCUT2D eigenvalue weighted by molar-refractivity contribution is -0.142. The number of hydrogen-bond donors (Lipinski definition) is 2. The summed E-state index contributed by atoms with van der Waals surface area (Å²) in [5, 5.41) is 8.30.